The third kappa shape index (κ3) is 5.74. The fraction of sp³-hybridized carbons (Fsp3) is 0.600. The maximum absolute atomic E-state index is 13.7. The standard InChI is InChI=1S/C15H22FNO3S.ClH/c1-21(18,19)15-5-4-13(11-14(15)16)20-10-2-3-12-6-8-17-9-7-12;/h4-5,11-12,17H,2-3,6-10H2,1H3;1H. The van der Waals surface area contributed by atoms with E-state index in [0.717, 1.165) is 44.2 Å². The maximum atomic E-state index is 13.7. The zero-order chi connectivity index (χ0) is 15.3. The monoisotopic (exact) mass is 351 g/mol. The number of benzene rings is 1. The number of halogens is 2. The molecular weight excluding hydrogens is 329 g/mol. The van der Waals surface area contributed by atoms with E-state index in [0.29, 0.717) is 12.4 Å². The quantitative estimate of drug-likeness (QED) is 0.801. The lowest BCUT2D eigenvalue weighted by Crippen LogP contribution is -2.27. The number of hydrogen-bond acceptors (Lipinski definition) is 4. The van der Waals surface area contributed by atoms with Gasteiger partial charge in [0.25, 0.3) is 0 Å². The predicted octanol–water partition coefficient (Wildman–Crippen LogP) is 2.81. The van der Waals surface area contributed by atoms with Crippen molar-refractivity contribution < 1.29 is 17.5 Å². The van der Waals surface area contributed by atoms with Crippen LogP contribution >= 0.6 is 12.4 Å². The average Bonchev–Trinajstić information content (AvgIpc) is 2.43. The molecule has 1 heterocycles. The Bertz CT molecular complexity index is 574. The Balaban J connectivity index is 0.00000242. The van der Waals surface area contributed by atoms with Crippen molar-refractivity contribution in [1.29, 1.82) is 0 Å². The van der Waals surface area contributed by atoms with Crippen LogP contribution in [-0.4, -0.2) is 34.4 Å². The van der Waals surface area contributed by atoms with Gasteiger partial charge in [0.2, 0.25) is 0 Å². The third-order valence-electron chi connectivity index (χ3n) is 3.79. The number of nitrogens with one attached hydrogen (secondary N) is 1. The van der Waals surface area contributed by atoms with Crippen LogP contribution in [0.25, 0.3) is 0 Å². The van der Waals surface area contributed by atoms with E-state index >= 15 is 0 Å². The van der Waals surface area contributed by atoms with Crippen molar-refractivity contribution >= 4 is 22.2 Å². The van der Waals surface area contributed by atoms with E-state index in [2.05, 4.69) is 5.32 Å². The maximum Gasteiger partial charge on any atom is 0.178 e. The number of rotatable bonds is 6. The minimum Gasteiger partial charge on any atom is -0.493 e. The Morgan fingerprint density at radius 3 is 2.59 bits per heavy atom. The van der Waals surface area contributed by atoms with Crippen LogP contribution in [0.3, 0.4) is 0 Å². The molecule has 7 heteroatoms. The van der Waals surface area contributed by atoms with Crippen LogP contribution in [0.5, 0.6) is 5.75 Å². The van der Waals surface area contributed by atoms with Gasteiger partial charge in [-0.2, -0.15) is 0 Å². The highest BCUT2D eigenvalue weighted by Crippen LogP contribution is 2.22. The van der Waals surface area contributed by atoms with Gasteiger partial charge in [0.05, 0.1) is 6.61 Å². The molecule has 0 atom stereocenters. The van der Waals surface area contributed by atoms with Gasteiger partial charge in [0.15, 0.2) is 9.84 Å². The van der Waals surface area contributed by atoms with Crippen molar-refractivity contribution in [2.24, 2.45) is 5.92 Å². The van der Waals surface area contributed by atoms with Gasteiger partial charge < -0.3 is 10.1 Å². The van der Waals surface area contributed by atoms with E-state index in [-0.39, 0.29) is 17.3 Å². The molecule has 22 heavy (non-hydrogen) atoms. The fourth-order valence-corrected chi connectivity index (χ4v) is 3.33. The van der Waals surface area contributed by atoms with Crippen LogP contribution < -0.4 is 10.1 Å². The fourth-order valence-electron chi connectivity index (χ4n) is 2.60. The first-order valence-corrected chi connectivity index (χ1v) is 9.19. The van der Waals surface area contributed by atoms with E-state index in [1.54, 1.807) is 0 Å². The Hall–Kier alpha value is -0.850. The summed E-state index contributed by atoms with van der Waals surface area (Å²) in [6.45, 7) is 2.70. The topological polar surface area (TPSA) is 55.4 Å². The molecule has 1 N–H and O–H groups in total. The average molecular weight is 352 g/mol. The minimum absolute atomic E-state index is 0. The zero-order valence-electron chi connectivity index (χ0n) is 12.7. The highest BCUT2D eigenvalue weighted by Gasteiger charge is 2.15. The molecule has 1 aliphatic heterocycles. The highest BCUT2D eigenvalue weighted by molar-refractivity contribution is 7.90. The van der Waals surface area contributed by atoms with Gasteiger partial charge in [-0.1, -0.05) is 0 Å². The molecule has 4 nitrogen and oxygen atoms in total. The van der Waals surface area contributed by atoms with Crippen LogP contribution in [0.4, 0.5) is 4.39 Å². The molecule has 1 fully saturated rings. The van der Waals surface area contributed by atoms with E-state index in [4.69, 9.17) is 4.74 Å². The number of ether oxygens (including phenoxy) is 1. The SMILES string of the molecule is CS(=O)(=O)c1ccc(OCCCC2CCNCC2)cc1F.Cl. The molecule has 1 aliphatic rings. The smallest absolute Gasteiger partial charge is 0.178 e. The van der Waals surface area contributed by atoms with Crippen LogP contribution in [-0.2, 0) is 9.84 Å². The summed E-state index contributed by atoms with van der Waals surface area (Å²) in [5.74, 6) is 0.373. The van der Waals surface area contributed by atoms with E-state index in [1.807, 2.05) is 0 Å². The highest BCUT2D eigenvalue weighted by atomic mass is 35.5. The summed E-state index contributed by atoms with van der Waals surface area (Å²) < 4.78 is 41.8. The summed E-state index contributed by atoms with van der Waals surface area (Å²) in [7, 11) is -3.53. The lowest BCUT2D eigenvalue weighted by Gasteiger charge is -2.22. The summed E-state index contributed by atoms with van der Waals surface area (Å²) in [5.41, 5.74) is 0. The molecule has 0 aromatic heterocycles. The number of hydrogen-bond donors (Lipinski definition) is 1. The van der Waals surface area contributed by atoms with Crippen LogP contribution in [0.2, 0.25) is 0 Å². The van der Waals surface area contributed by atoms with Gasteiger partial charge in [-0.05, 0) is 56.8 Å². The molecule has 1 saturated heterocycles. The molecule has 126 valence electrons. The Morgan fingerprint density at radius 2 is 2.00 bits per heavy atom. The molecule has 0 radical (unpaired) electrons. The van der Waals surface area contributed by atoms with Gasteiger partial charge in [0, 0.05) is 12.3 Å². The van der Waals surface area contributed by atoms with Crippen molar-refractivity contribution in [3.63, 3.8) is 0 Å². The van der Waals surface area contributed by atoms with Crippen molar-refractivity contribution in [1.82, 2.24) is 5.32 Å². The summed E-state index contributed by atoms with van der Waals surface area (Å²) in [6, 6.07) is 3.90. The van der Waals surface area contributed by atoms with E-state index < -0.39 is 15.7 Å². The largest absolute Gasteiger partial charge is 0.493 e. The zero-order valence-corrected chi connectivity index (χ0v) is 14.3. The van der Waals surface area contributed by atoms with Gasteiger partial charge in [0.1, 0.15) is 16.5 Å². The predicted molar refractivity (Wildman–Crippen MR) is 87.1 cm³/mol. The Morgan fingerprint density at radius 1 is 1.32 bits per heavy atom. The van der Waals surface area contributed by atoms with Crippen LogP contribution in [0.15, 0.2) is 23.1 Å². The summed E-state index contributed by atoms with van der Waals surface area (Å²) in [4.78, 5) is -0.287. The number of piperidine rings is 1. The second-order valence-corrected chi connectivity index (χ2v) is 7.53. The van der Waals surface area contributed by atoms with Crippen molar-refractivity contribution in [3.8, 4) is 5.75 Å². The second-order valence-electron chi connectivity index (χ2n) is 5.55. The summed E-state index contributed by atoms with van der Waals surface area (Å²) >= 11 is 0. The Labute approximate surface area is 137 Å². The van der Waals surface area contributed by atoms with Gasteiger partial charge in [-0.3, -0.25) is 0 Å². The first-order chi connectivity index (χ1) is 9.97. The third-order valence-corrected chi connectivity index (χ3v) is 4.92. The molecule has 0 spiro atoms. The van der Waals surface area contributed by atoms with Gasteiger partial charge >= 0.3 is 0 Å². The van der Waals surface area contributed by atoms with E-state index in [1.165, 1.54) is 25.0 Å². The first-order valence-electron chi connectivity index (χ1n) is 7.30. The molecule has 0 bridgehead atoms. The van der Waals surface area contributed by atoms with Gasteiger partial charge in [-0.15, -0.1) is 12.4 Å². The molecule has 0 amide bonds. The molecule has 2 rings (SSSR count). The molecule has 1 aromatic carbocycles. The number of sulfone groups is 1. The van der Waals surface area contributed by atoms with Crippen molar-refractivity contribution in [2.75, 3.05) is 26.0 Å². The first kappa shape index (κ1) is 19.2. The van der Waals surface area contributed by atoms with Crippen LogP contribution in [0, 0.1) is 11.7 Å². The molecule has 0 unspecified atom stereocenters. The molecule has 0 saturated carbocycles. The molecule has 0 aliphatic carbocycles. The summed E-state index contributed by atoms with van der Waals surface area (Å²) in [6.07, 6.45) is 5.45. The van der Waals surface area contributed by atoms with Crippen molar-refractivity contribution in [2.45, 2.75) is 30.6 Å². The molecule has 1 aromatic rings. The van der Waals surface area contributed by atoms with Gasteiger partial charge in [-0.25, -0.2) is 12.8 Å². The summed E-state index contributed by atoms with van der Waals surface area (Å²) in [5, 5.41) is 3.33. The van der Waals surface area contributed by atoms with Crippen LogP contribution in [0.1, 0.15) is 25.7 Å². The molecular formula is C15H23ClFNO3S. The van der Waals surface area contributed by atoms with Crippen molar-refractivity contribution in [3.05, 3.63) is 24.0 Å². The normalized spacial score (nSPS) is 16.1. The lowest BCUT2D eigenvalue weighted by atomic mass is 9.93. The minimum atomic E-state index is -3.53. The van der Waals surface area contributed by atoms with E-state index in [9.17, 15) is 12.8 Å². The Kier molecular flexibility index (Phi) is 7.59. The lowest BCUT2D eigenvalue weighted by molar-refractivity contribution is 0.272. The second kappa shape index (κ2) is 8.70.